The van der Waals surface area contributed by atoms with Gasteiger partial charge in [-0.1, -0.05) is 6.07 Å². The monoisotopic (exact) mass is 362 g/mol. The number of alkyl halides is 3. The van der Waals surface area contributed by atoms with Gasteiger partial charge in [0.05, 0.1) is 30.8 Å². The molecule has 3 aromatic rings. The highest BCUT2D eigenvalue weighted by molar-refractivity contribution is 5.91. The highest BCUT2D eigenvalue weighted by Gasteiger charge is 2.30. The smallest absolute Gasteiger partial charge is 0.416 e. The van der Waals surface area contributed by atoms with E-state index in [1.165, 1.54) is 30.8 Å². The number of nitrogens with one attached hydrogen (secondary N) is 2. The first-order valence-electron chi connectivity index (χ1n) is 7.49. The second-order valence-electron chi connectivity index (χ2n) is 5.25. The number of carbonyl (C=O) groups excluding carboxylic acids is 1. The van der Waals surface area contributed by atoms with E-state index in [9.17, 15) is 18.0 Å². The Kier molecular flexibility index (Phi) is 4.87. The second kappa shape index (κ2) is 7.26. The van der Waals surface area contributed by atoms with Gasteiger partial charge in [0.25, 0.3) is 5.91 Å². The molecule has 134 valence electrons. The quantitative estimate of drug-likeness (QED) is 0.722. The minimum atomic E-state index is -4.43. The zero-order chi connectivity index (χ0) is 18.6. The number of aromatic nitrogens is 2. The van der Waals surface area contributed by atoms with E-state index >= 15 is 0 Å². The van der Waals surface area contributed by atoms with Crippen LogP contribution in [0.2, 0.25) is 0 Å². The van der Waals surface area contributed by atoms with Gasteiger partial charge in [0.2, 0.25) is 0 Å². The summed E-state index contributed by atoms with van der Waals surface area (Å²) in [4.78, 5) is 19.9. The minimum absolute atomic E-state index is 0.0751. The second-order valence-corrected chi connectivity index (χ2v) is 5.25. The van der Waals surface area contributed by atoms with E-state index in [0.717, 1.165) is 12.1 Å². The van der Waals surface area contributed by atoms with Crippen LogP contribution in [0.15, 0.2) is 59.5 Å². The molecule has 0 aliphatic carbocycles. The lowest BCUT2D eigenvalue weighted by molar-refractivity contribution is -0.137. The SMILES string of the molecule is O=C(NCc1ccco1)c1cnc(Nc2cccc(C(F)(F)F)c2)cn1. The van der Waals surface area contributed by atoms with E-state index in [0.29, 0.717) is 5.76 Å². The fraction of sp³-hybridized carbons (Fsp3) is 0.118. The number of amides is 1. The molecule has 0 aliphatic rings. The first-order chi connectivity index (χ1) is 12.4. The van der Waals surface area contributed by atoms with Crippen LogP contribution in [0.25, 0.3) is 0 Å². The van der Waals surface area contributed by atoms with Crippen LogP contribution < -0.4 is 10.6 Å². The highest BCUT2D eigenvalue weighted by Crippen LogP contribution is 2.31. The molecule has 0 bridgehead atoms. The van der Waals surface area contributed by atoms with Crippen molar-refractivity contribution in [3.8, 4) is 0 Å². The van der Waals surface area contributed by atoms with E-state index in [1.807, 2.05) is 0 Å². The number of furan rings is 1. The summed E-state index contributed by atoms with van der Waals surface area (Å²) in [6, 6.07) is 8.12. The van der Waals surface area contributed by atoms with E-state index in [4.69, 9.17) is 4.42 Å². The third kappa shape index (κ3) is 4.38. The van der Waals surface area contributed by atoms with Crippen LogP contribution in [-0.2, 0) is 12.7 Å². The molecule has 0 aliphatic heterocycles. The summed E-state index contributed by atoms with van der Waals surface area (Å²) in [5.41, 5.74) is -0.486. The molecular weight excluding hydrogens is 349 g/mol. The molecule has 2 N–H and O–H groups in total. The third-order valence-electron chi connectivity index (χ3n) is 3.35. The Labute approximate surface area is 146 Å². The van der Waals surface area contributed by atoms with Crippen LogP contribution in [0, 0.1) is 0 Å². The Balaban J connectivity index is 1.63. The third-order valence-corrected chi connectivity index (χ3v) is 3.35. The first-order valence-corrected chi connectivity index (χ1v) is 7.49. The minimum Gasteiger partial charge on any atom is -0.467 e. The molecule has 2 aromatic heterocycles. The molecule has 0 unspecified atom stereocenters. The maximum Gasteiger partial charge on any atom is 0.416 e. The Bertz CT molecular complexity index is 878. The predicted octanol–water partition coefficient (Wildman–Crippen LogP) is 3.76. The van der Waals surface area contributed by atoms with Gasteiger partial charge < -0.3 is 15.1 Å². The lowest BCUT2D eigenvalue weighted by atomic mass is 10.2. The van der Waals surface area contributed by atoms with Crippen molar-refractivity contribution in [1.29, 1.82) is 0 Å². The fourth-order valence-corrected chi connectivity index (χ4v) is 2.10. The first kappa shape index (κ1) is 17.5. The van der Waals surface area contributed by atoms with E-state index in [2.05, 4.69) is 20.6 Å². The van der Waals surface area contributed by atoms with Crippen LogP contribution in [0.1, 0.15) is 21.8 Å². The van der Waals surface area contributed by atoms with E-state index in [1.54, 1.807) is 12.1 Å². The molecule has 26 heavy (non-hydrogen) atoms. The highest BCUT2D eigenvalue weighted by atomic mass is 19.4. The van der Waals surface area contributed by atoms with Gasteiger partial charge in [-0.2, -0.15) is 13.2 Å². The standard InChI is InChI=1S/C17H13F3N4O2/c18-17(19,20)11-3-1-4-12(7-11)24-15-10-21-14(9-22-15)16(25)23-8-13-5-2-6-26-13/h1-7,9-10H,8H2,(H,22,24)(H,23,25). The summed E-state index contributed by atoms with van der Waals surface area (Å²) in [5, 5.41) is 5.33. The van der Waals surface area contributed by atoms with Gasteiger partial charge in [0.15, 0.2) is 0 Å². The molecule has 2 heterocycles. The molecule has 1 amide bonds. The van der Waals surface area contributed by atoms with Crippen molar-refractivity contribution in [1.82, 2.24) is 15.3 Å². The van der Waals surface area contributed by atoms with Crippen LogP contribution >= 0.6 is 0 Å². The topological polar surface area (TPSA) is 80.0 Å². The molecule has 1 aromatic carbocycles. The molecule has 0 atom stereocenters. The predicted molar refractivity (Wildman–Crippen MR) is 86.6 cm³/mol. The fourth-order valence-electron chi connectivity index (χ4n) is 2.10. The largest absolute Gasteiger partial charge is 0.467 e. The van der Waals surface area contributed by atoms with Gasteiger partial charge in [-0.15, -0.1) is 0 Å². The van der Waals surface area contributed by atoms with Crippen LogP contribution in [0.3, 0.4) is 0 Å². The summed E-state index contributed by atoms with van der Waals surface area (Å²) in [6.45, 7) is 0.206. The van der Waals surface area contributed by atoms with Crippen molar-refractivity contribution in [2.45, 2.75) is 12.7 Å². The maximum absolute atomic E-state index is 12.7. The molecule has 6 nitrogen and oxygen atoms in total. The van der Waals surface area contributed by atoms with Gasteiger partial charge in [0, 0.05) is 5.69 Å². The zero-order valence-corrected chi connectivity index (χ0v) is 13.2. The molecule has 0 fully saturated rings. The number of rotatable bonds is 5. The van der Waals surface area contributed by atoms with Crippen molar-refractivity contribution in [2.24, 2.45) is 0 Å². The van der Waals surface area contributed by atoms with E-state index < -0.39 is 17.6 Å². The van der Waals surface area contributed by atoms with E-state index in [-0.39, 0.29) is 23.7 Å². The van der Waals surface area contributed by atoms with Gasteiger partial charge >= 0.3 is 6.18 Å². The van der Waals surface area contributed by atoms with Crippen LogP contribution in [0.5, 0.6) is 0 Å². The normalized spacial score (nSPS) is 11.2. The number of halogens is 3. The number of benzene rings is 1. The molecule has 0 spiro atoms. The van der Waals surface area contributed by atoms with Crippen molar-refractivity contribution in [2.75, 3.05) is 5.32 Å². The number of hydrogen-bond acceptors (Lipinski definition) is 5. The van der Waals surface area contributed by atoms with Gasteiger partial charge in [-0.25, -0.2) is 9.97 Å². The lowest BCUT2D eigenvalue weighted by Crippen LogP contribution is -2.23. The molecule has 0 radical (unpaired) electrons. The number of nitrogens with zero attached hydrogens (tertiary/aromatic N) is 2. The summed E-state index contributed by atoms with van der Waals surface area (Å²) >= 11 is 0. The number of anilines is 2. The summed E-state index contributed by atoms with van der Waals surface area (Å²) in [6.07, 6.45) is -0.440. The average molecular weight is 362 g/mol. The Hall–Kier alpha value is -3.36. The average Bonchev–Trinajstić information content (AvgIpc) is 3.13. The van der Waals surface area contributed by atoms with Gasteiger partial charge in [-0.3, -0.25) is 4.79 Å². The van der Waals surface area contributed by atoms with Crippen molar-refractivity contribution < 1.29 is 22.4 Å². The van der Waals surface area contributed by atoms with Gasteiger partial charge in [0.1, 0.15) is 17.3 Å². The van der Waals surface area contributed by atoms with Crippen molar-refractivity contribution in [3.63, 3.8) is 0 Å². The van der Waals surface area contributed by atoms with Crippen molar-refractivity contribution in [3.05, 3.63) is 72.1 Å². The summed E-state index contributed by atoms with van der Waals surface area (Å²) in [5.74, 6) is 0.362. The Morgan fingerprint density at radius 2 is 1.96 bits per heavy atom. The molecule has 0 saturated heterocycles. The number of hydrogen-bond donors (Lipinski definition) is 2. The summed E-state index contributed by atoms with van der Waals surface area (Å²) in [7, 11) is 0. The van der Waals surface area contributed by atoms with Crippen LogP contribution in [-0.4, -0.2) is 15.9 Å². The Morgan fingerprint density at radius 1 is 1.12 bits per heavy atom. The maximum atomic E-state index is 12.7. The zero-order valence-electron chi connectivity index (χ0n) is 13.2. The Morgan fingerprint density at radius 3 is 2.62 bits per heavy atom. The lowest BCUT2D eigenvalue weighted by Gasteiger charge is -2.10. The molecule has 3 rings (SSSR count). The van der Waals surface area contributed by atoms with Crippen LogP contribution in [0.4, 0.5) is 24.7 Å². The molecule has 9 heteroatoms. The number of carbonyl (C=O) groups is 1. The molecular formula is C17H13F3N4O2. The molecule has 0 saturated carbocycles. The van der Waals surface area contributed by atoms with Gasteiger partial charge in [-0.05, 0) is 30.3 Å². The summed E-state index contributed by atoms with van der Waals surface area (Å²) < 4.78 is 43.2. The van der Waals surface area contributed by atoms with Crippen molar-refractivity contribution >= 4 is 17.4 Å².